The van der Waals surface area contributed by atoms with Gasteiger partial charge in [0, 0.05) is 18.9 Å². The largest absolute Gasteiger partial charge is 0.503 e. The van der Waals surface area contributed by atoms with E-state index < -0.39 is 23.5 Å². The topological polar surface area (TPSA) is 92.9 Å². The molecule has 3 heterocycles. The molecule has 7 nitrogen and oxygen atoms in total. The van der Waals surface area contributed by atoms with Gasteiger partial charge in [0.05, 0.1) is 18.2 Å². The molecule has 0 fully saturated rings. The van der Waals surface area contributed by atoms with E-state index in [-0.39, 0.29) is 17.9 Å². The van der Waals surface area contributed by atoms with Crippen molar-refractivity contribution in [3.63, 3.8) is 0 Å². The molecule has 1 aliphatic rings. The van der Waals surface area contributed by atoms with Crippen LogP contribution < -0.4 is 4.74 Å². The maximum Gasteiger partial charge on any atom is 0.290 e. The van der Waals surface area contributed by atoms with Crippen molar-refractivity contribution in [2.45, 2.75) is 32.9 Å². The van der Waals surface area contributed by atoms with Crippen LogP contribution in [0.3, 0.4) is 0 Å². The van der Waals surface area contributed by atoms with Crippen LogP contribution in [-0.2, 0) is 11.3 Å². The Morgan fingerprint density at radius 1 is 1.19 bits per heavy atom. The SMILES string of the molecule is CCCOc1cccc([C@@H]2C(C(=O)c3ccc(C)o3)=C(O)C(=O)N2Cc2ccncc2)c1. The van der Waals surface area contributed by atoms with E-state index in [4.69, 9.17) is 9.15 Å². The molecule has 1 atom stereocenters. The van der Waals surface area contributed by atoms with Gasteiger partial charge in [0.1, 0.15) is 11.5 Å². The van der Waals surface area contributed by atoms with Crippen LogP contribution in [0, 0.1) is 6.92 Å². The number of hydrogen-bond donors (Lipinski definition) is 1. The summed E-state index contributed by atoms with van der Waals surface area (Å²) in [6.07, 6.45) is 4.12. The van der Waals surface area contributed by atoms with Crippen LogP contribution in [-0.4, -0.2) is 33.3 Å². The Hall–Kier alpha value is -3.87. The Morgan fingerprint density at radius 2 is 1.97 bits per heavy atom. The molecular formula is C25H24N2O5. The Bertz CT molecular complexity index is 1170. The molecule has 1 N–H and O–H groups in total. The highest BCUT2D eigenvalue weighted by Crippen LogP contribution is 2.40. The average molecular weight is 432 g/mol. The number of benzene rings is 1. The quantitative estimate of drug-likeness (QED) is 0.525. The summed E-state index contributed by atoms with van der Waals surface area (Å²) in [6.45, 7) is 4.49. The van der Waals surface area contributed by atoms with Crippen LogP contribution in [0.15, 0.2) is 76.7 Å². The molecule has 1 aliphatic heterocycles. The van der Waals surface area contributed by atoms with Crippen molar-refractivity contribution in [1.82, 2.24) is 9.88 Å². The van der Waals surface area contributed by atoms with Crippen molar-refractivity contribution < 1.29 is 23.8 Å². The number of furan rings is 1. The number of hydrogen-bond acceptors (Lipinski definition) is 6. The number of amides is 1. The van der Waals surface area contributed by atoms with E-state index in [2.05, 4.69) is 4.98 Å². The molecule has 0 bridgehead atoms. The summed E-state index contributed by atoms with van der Waals surface area (Å²) in [4.78, 5) is 31.9. The van der Waals surface area contributed by atoms with Gasteiger partial charge in [0.2, 0.25) is 5.78 Å². The second-order valence-electron chi connectivity index (χ2n) is 7.61. The lowest BCUT2D eigenvalue weighted by atomic mass is 9.94. The van der Waals surface area contributed by atoms with Crippen molar-refractivity contribution in [1.29, 1.82) is 0 Å². The van der Waals surface area contributed by atoms with Gasteiger partial charge in [-0.1, -0.05) is 19.1 Å². The third-order valence-corrected chi connectivity index (χ3v) is 5.26. The molecule has 0 spiro atoms. The Kier molecular flexibility index (Phi) is 6.07. The summed E-state index contributed by atoms with van der Waals surface area (Å²) in [5.74, 6) is -0.427. The van der Waals surface area contributed by atoms with Crippen molar-refractivity contribution in [2.75, 3.05) is 6.61 Å². The first-order chi connectivity index (χ1) is 15.5. The first kappa shape index (κ1) is 21.4. The summed E-state index contributed by atoms with van der Waals surface area (Å²) in [5.41, 5.74) is 1.48. The first-order valence-electron chi connectivity index (χ1n) is 10.5. The van der Waals surface area contributed by atoms with E-state index >= 15 is 0 Å². The van der Waals surface area contributed by atoms with Gasteiger partial charge in [0.25, 0.3) is 5.91 Å². The molecule has 0 saturated carbocycles. The van der Waals surface area contributed by atoms with Gasteiger partial charge in [0.15, 0.2) is 11.5 Å². The first-order valence-corrected chi connectivity index (χ1v) is 10.5. The highest BCUT2D eigenvalue weighted by atomic mass is 16.5. The van der Waals surface area contributed by atoms with Gasteiger partial charge in [-0.3, -0.25) is 14.6 Å². The number of carbonyl (C=O) groups is 2. The molecule has 0 unspecified atom stereocenters. The lowest BCUT2D eigenvalue weighted by molar-refractivity contribution is -0.130. The third-order valence-electron chi connectivity index (χ3n) is 5.26. The van der Waals surface area contributed by atoms with Crippen LogP contribution in [0.5, 0.6) is 5.75 Å². The number of ether oxygens (including phenoxy) is 1. The van der Waals surface area contributed by atoms with Gasteiger partial charge < -0.3 is 19.2 Å². The van der Waals surface area contributed by atoms with E-state index in [9.17, 15) is 14.7 Å². The number of aliphatic hydroxyl groups is 1. The summed E-state index contributed by atoms with van der Waals surface area (Å²) in [7, 11) is 0. The molecule has 4 rings (SSSR count). The fourth-order valence-corrected chi connectivity index (χ4v) is 3.76. The van der Waals surface area contributed by atoms with Crippen molar-refractivity contribution >= 4 is 11.7 Å². The summed E-state index contributed by atoms with van der Waals surface area (Å²) in [6, 6.07) is 13.3. The number of carbonyl (C=O) groups excluding carboxylic acids is 2. The lowest BCUT2D eigenvalue weighted by Gasteiger charge is -2.27. The maximum atomic E-state index is 13.3. The molecule has 0 saturated heterocycles. The molecule has 7 heteroatoms. The molecule has 3 aromatic rings. The molecule has 0 radical (unpaired) electrons. The zero-order valence-corrected chi connectivity index (χ0v) is 17.9. The van der Waals surface area contributed by atoms with Crippen molar-refractivity contribution in [3.8, 4) is 5.75 Å². The minimum atomic E-state index is -0.793. The third kappa shape index (κ3) is 4.14. The van der Waals surface area contributed by atoms with E-state index in [0.29, 0.717) is 23.7 Å². The van der Waals surface area contributed by atoms with Crippen LogP contribution in [0.25, 0.3) is 0 Å². The molecule has 1 aromatic carbocycles. The predicted molar refractivity (Wildman–Crippen MR) is 117 cm³/mol. The molecule has 0 aliphatic carbocycles. The molecule has 1 amide bonds. The second kappa shape index (κ2) is 9.09. The van der Waals surface area contributed by atoms with Crippen molar-refractivity contribution in [2.24, 2.45) is 0 Å². The van der Waals surface area contributed by atoms with Crippen LogP contribution >= 0.6 is 0 Å². The fraction of sp³-hybridized carbons (Fsp3) is 0.240. The van der Waals surface area contributed by atoms with Crippen LogP contribution in [0.2, 0.25) is 0 Å². The van der Waals surface area contributed by atoms with E-state index in [1.807, 2.05) is 25.1 Å². The van der Waals surface area contributed by atoms with E-state index in [1.54, 1.807) is 49.6 Å². The van der Waals surface area contributed by atoms with Crippen LogP contribution in [0.1, 0.15) is 46.8 Å². The number of pyridine rings is 1. The Labute approximate surface area is 186 Å². The highest BCUT2D eigenvalue weighted by Gasteiger charge is 2.44. The molecular weight excluding hydrogens is 408 g/mol. The van der Waals surface area contributed by atoms with Crippen LogP contribution in [0.4, 0.5) is 0 Å². The molecule has 164 valence electrons. The number of aromatic nitrogens is 1. The van der Waals surface area contributed by atoms with E-state index in [0.717, 1.165) is 12.0 Å². The highest BCUT2D eigenvalue weighted by molar-refractivity contribution is 6.15. The fourth-order valence-electron chi connectivity index (χ4n) is 3.76. The summed E-state index contributed by atoms with van der Waals surface area (Å²) >= 11 is 0. The van der Waals surface area contributed by atoms with Gasteiger partial charge >= 0.3 is 0 Å². The standard InChI is InChI=1S/C25H24N2O5/c1-3-13-31-19-6-4-5-18(14-19)22-21(23(28)20-8-7-16(2)32-20)24(29)25(30)27(22)15-17-9-11-26-12-10-17/h4-12,14,22,29H,3,13,15H2,1-2H3/t22-/m1/s1. The normalized spacial score (nSPS) is 16.0. The monoisotopic (exact) mass is 432 g/mol. The van der Waals surface area contributed by atoms with Gasteiger partial charge in [-0.15, -0.1) is 0 Å². The van der Waals surface area contributed by atoms with Gasteiger partial charge in [-0.2, -0.15) is 0 Å². The number of aliphatic hydroxyl groups excluding tert-OH is 1. The maximum absolute atomic E-state index is 13.3. The number of Topliss-reactive ketones (excluding diaryl/α,β-unsaturated/α-hetero) is 1. The second-order valence-corrected chi connectivity index (χ2v) is 7.61. The number of aryl methyl sites for hydroxylation is 1. The summed E-state index contributed by atoms with van der Waals surface area (Å²) in [5, 5.41) is 10.8. The molecule has 2 aromatic heterocycles. The zero-order valence-electron chi connectivity index (χ0n) is 17.9. The van der Waals surface area contributed by atoms with Gasteiger partial charge in [-0.05, 0) is 60.9 Å². The average Bonchev–Trinajstić information content (AvgIpc) is 3.35. The Balaban J connectivity index is 1.78. The van der Waals surface area contributed by atoms with Crippen molar-refractivity contribution in [3.05, 3.63) is 94.9 Å². The van der Waals surface area contributed by atoms with E-state index in [1.165, 1.54) is 4.90 Å². The molecule has 32 heavy (non-hydrogen) atoms. The smallest absolute Gasteiger partial charge is 0.290 e. The minimum Gasteiger partial charge on any atom is -0.503 e. The minimum absolute atomic E-state index is 0.00829. The number of ketones is 1. The lowest BCUT2D eigenvalue weighted by Crippen LogP contribution is -2.30. The Morgan fingerprint density at radius 3 is 2.66 bits per heavy atom. The number of nitrogens with zero attached hydrogens (tertiary/aromatic N) is 2. The zero-order chi connectivity index (χ0) is 22.7. The predicted octanol–water partition coefficient (Wildman–Crippen LogP) is 4.55. The number of rotatable bonds is 8. The van der Waals surface area contributed by atoms with Gasteiger partial charge in [-0.25, -0.2) is 0 Å². The summed E-state index contributed by atoms with van der Waals surface area (Å²) < 4.78 is 11.3.